The van der Waals surface area contributed by atoms with E-state index >= 15 is 0 Å². The van der Waals surface area contributed by atoms with E-state index in [1.165, 1.54) is 23.6 Å². The summed E-state index contributed by atoms with van der Waals surface area (Å²) in [6, 6.07) is 4.31. The summed E-state index contributed by atoms with van der Waals surface area (Å²) in [6.45, 7) is 1.35. The topological polar surface area (TPSA) is 57.6 Å². The van der Waals surface area contributed by atoms with E-state index in [2.05, 4.69) is 0 Å². The van der Waals surface area contributed by atoms with Crippen molar-refractivity contribution in [3.8, 4) is 0 Å². The third kappa shape index (κ3) is 2.68. The highest BCUT2D eigenvalue weighted by atomic mass is 35.5. The first-order valence-electron chi connectivity index (χ1n) is 5.50. The van der Waals surface area contributed by atoms with Gasteiger partial charge in [-0.1, -0.05) is 35.3 Å². The minimum absolute atomic E-state index is 0.293. The maximum Gasteiger partial charge on any atom is 0.327 e. The van der Waals surface area contributed by atoms with Crippen LogP contribution in [0.5, 0.6) is 0 Å². The van der Waals surface area contributed by atoms with E-state index in [1.807, 2.05) is 0 Å². The molecule has 1 aromatic carbocycles. The van der Waals surface area contributed by atoms with Crippen LogP contribution in [0.3, 0.4) is 0 Å². The van der Waals surface area contributed by atoms with Crippen molar-refractivity contribution in [2.75, 3.05) is 5.75 Å². The summed E-state index contributed by atoms with van der Waals surface area (Å²) in [4.78, 5) is 24.2. The van der Waals surface area contributed by atoms with Crippen LogP contribution >= 0.6 is 35.0 Å². The van der Waals surface area contributed by atoms with Crippen LogP contribution in [0.15, 0.2) is 18.2 Å². The molecule has 102 valence electrons. The van der Waals surface area contributed by atoms with Gasteiger partial charge in [0.25, 0.3) is 0 Å². The molecule has 0 bridgehead atoms. The Bertz CT molecular complexity index is 538. The van der Waals surface area contributed by atoms with E-state index in [1.54, 1.807) is 18.2 Å². The van der Waals surface area contributed by atoms with Gasteiger partial charge in [0.2, 0.25) is 5.91 Å². The quantitative estimate of drug-likeness (QED) is 0.910. The summed E-state index contributed by atoms with van der Waals surface area (Å²) in [6.07, 6.45) is 0. The highest BCUT2D eigenvalue weighted by Crippen LogP contribution is 2.45. The first-order valence-corrected chi connectivity index (χ1v) is 7.31. The summed E-state index contributed by atoms with van der Waals surface area (Å²) in [5.74, 6) is -0.968. The molecular formula is C12H11Cl2NO3S. The van der Waals surface area contributed by atoms with Gasteiger partial charge in [0.05, 0.1) is 10.0 Å². The van der Waals surface area contributed by atoms with Crippen LogP contribution in [0.1, 0.15) is 17.9 Å². The SMILES string of the molecule is CC(=O)N1C(c2cccc(Cl)c2Cl)SC[C@H]1C(=O)O. The molecular weight excluding hydrogens is 309 g/mol. The molecule has 0 aromatic heterocycles. The number of benzene rings is 1. The number of halogens is 2. The van der Waals surface area contributed by atoms with E-state index < -0.39 is 17.4 Å². The zero-order valence-corrected chi connectivity index (χ0v) is 12.3. The van der Waals surface area contributed by atoms with Crippen LogP contribution in [0.2, 0.25) is 10.0 Å². The molecule has 1 heterocycles. The van der Waals surface area contributed by atoms with Crippen molar-refractivity contribution < 1.29 is 14.7 Å². The number of carboxylic acids is 1. The molecule has 0 aliphatic carbocycles. The van der Waals surface area contributed by atoms with Gasteiger partial charge in [-0.05, 0) is 6.07 Å². The van der Waals surface area contributed by atoms with E-state index in [-0.39, 0.29) is 5.91 Å². The van der Waals surface area contributed by atoms with Crippen molar-refractivity contribution in [2.45, 2.75) is 18.3 Å². The predicted molar refractivity (Wildman–Crippen MR) is 75.6 cm³/mol. The minimum Gasteiger partial charge on any atom is -0.480 e. The Morgan fingerprint density at radius 1 is 1.42 bits per heavy atom. The van der Waals surface area contributed by atoms with Crippen molar-refractivity contribution in [1.82, 2.24) is 4.90 Å². The van der Waals surface area contributed by atoms with E-state index in [9.17, 15) is 9.59 Å². The second-order valence-corrected chi connectivity index (χ2v) is 6.01. The van der Waals surface area contributed by atoms with Gasteiger partial charge >= 0.3 is 5.97 Å². The number of thioether (sulfide) groups is 1. The fraction of sp³-hybridized carbons (Fsp3) is 0.333. The average Bonchev–Trinajstić information content (AvgIpc) is 2.77. The smallest absolute Gasteiger partial charge is 0.327 e. The van der Waals surface area contributed by atoms with Crippen LogP contribution in [-0.4, -0.2) is 33.7 Å². The Balaban J connectivity index is 2.42. The first kappa shape index (κ1) is 14.5. The number of rotatable bonds is 2. The fourth-order valence-corrected chi connectivity index (χ4v) is 4.01. The summed E-state index contributed by atoms with van der Waals surface area (Å²) in [5, 5.41) is 9.49. The zero-order chi connectivity index (χ0) is 14.2. The van der Waals surface area contributed by atoms with E-state index in [4.69, 9.17) is 28.3 Å². The van der Waals surface area contributed by atoms with Gasteiger partial charge in [-0.25, -0.2) is 4.79 Å². The lowest BCUT2D eigenvalue weighted by Crippen LogP contribution is -2.41. The molecule has 1 aliphatic heterocycles. The summed E-state index contributed by atoms with van der Waals surface area (Å²) >= 11 is 13.5. The average molecular weight is 320 g/mol. The van der Waals surface area contributed by atoms with Crippen molar-refractivity contribution in [2.24, 2.45) is 0 Å². The molecule has 1 aromatic rings. The Labute approximate surface area is 124 Å². The summed E-state index contributed by atoms with van der Waals surface area (Å²) < 4.78 is 0. The Kier molecular flexibility index (Phi) is 4.28. The molecule has 1 unspecified atom stereocenters. The van der Waals surface area contributed by atoms with Gasteiger partial charge in [-0.3, -0.25) is 4.79 Å². The van der Waals surface area contributed by atoms with E-state index in [0.717, 1.165) is 0 Å². The van der Waals surface area contributed by atoms with Crippen molar-refractivity contribution in [3.63, 3.8) is 0 Å². The highest BCUT2D eigenvalue weighted by Gasteiger charge is 2.41. The largest absolute Gasteiger partial charge is 0.480 e. The maximum atomic E-state index is 11.7. The van der Waals surface area contributed by atoms with Gasteiger partial charge in [0, 0.05) is 18.2 Å². The summed E-state index contributed by atoms with van der Waals surface area (Å²) in [5.41, 5.74) is 0.665. The number of hydrogen-bond donors (Lipinski definition) is 1. The molecule has 0 radical (unpaired) electrons. The van der Waals surface area contributed by atoms with Crippen LogP contribution in [0, 0.1) is 0 Å². The molecule has 19 heavy (non-hydrogen) atoms. The lowest BCUT2D eigenvalue weighted by atomic mass is 10.1. The van der Waals surface area contributed by atoms with Gasteiger partial charge < -0.3 is 10.0 Å². The first-order chi connectivity index (χ1) is 8.93. The summed E-state index contributed by atoms with van der Waals surface area (Å²) in [7, 11) is 0. The van der Waals surface area contributed by atoms with Gasteiger partial charge in [0.15, 0.2) is 0 Å². The lowest BCUT2D eigenvalue weighted by molar-refractivity contribution is -0.148. The molecule has 2 atom stereocenters. The van der Waals surface area contributed by atoms with Crippen LogP contribution < -0.4 is 0 Å². The monoisotopic (exact) mass is 319 g/mol. The Morgan fingerprint density at radius 3 is 2.68 bits per heavy atom. The molecule has 1 amide bonds. The van der Waals surface area contributed by atoms with E-state index in [0.29, 0.717) is 21.4 Å². The predicted octanol–water partition coefficient (Wildman–Crippen LogP) is 3.04. The molecule has 1 N–H and O–H groups in total. The normalized spacial score (nSPS) is 22.6. The Morgan fingerprint density at radius 2 is 2.11 bits per heavy atom. The van der Waals surface area contributed by atoms with Crippen LogP contribution in [-0.2, 0) is 9.59 Å². The minimum atomic E-state index is -1.01. The number of carbonyl (C=O) groups is 2. The van der Waals surface area contributed by atoms with Crippen LogP contribution in [0.4, 0.5) is 0 Å². The Hall–Kier alpha value is -0.910. The van der Waals surface area contributed by atoms with Gasteiger partial charge in [-0.15, -0.1) is 11.8 Å². The third-order valence-corrected chi connectivity index (χ3v) is 5.04. The highest BCUT2D eigenvalue weighted by molar-refractivity contribution is 7.99. The number of carbonyl (C=O) groups excluding carboxylic acids is 1. The number of nitrogens with zero attached hydrogens (tertiary/aromatic N) is 1. The number of carboxylic acid groups (broad SMARTS) is 1. The second kappa shape index (κ2) is 5.61. The fourth-order valence-electron chi connectivity index (χ4n) is 2.03. The standard InChI is InChI=1S/C12H11Cl2NO3S/c1-6(16)15-9(12(17)18)5-19-11(15)7-3-2-4-8(13)10(7)14/h2-4,9,11H,5H2,1H3,(H,17,18)/t9-,11?/m0/s1. The molecule has 1 saturated heterocycles. The molecule has 1 aliphatic rings. The molecule has 4 nitrogen and oxygen atoms in total. The van der Waals surface area contributed by atoms with Gasteiger partial charge in [0.1, 0.15) is 11.4 Å². The molecule has 7 heteroatoms. The second-order valence-electron chi connectivity index (χ2n) is 4.11. The van der Waals surface area contributed by atoms with Crippen molar-refractivity contribution >= 4 is 46.8 Å². The van der Waals surface area contributed by atoms with Crippen LogP contribution in [0.25, 0.3) is 0 Å². The molecule has 0 spiro atoms. The van der Waals surface area contributed by atoms with Gasteiger partial charge in [-0.2, -0.15) is 0 Å². The zero-order valence-electron chi connectivity index (χ0n) is 9.97. The maximum absolute atomic E-state index is 11.7. The molecule has 1 fully saturated rings. The molecule has 2 rings (SSSR count). The third-order valence-electron chi connectivity index (χ3n) is 2.90. The lowest BCUT2D eigenvalue weighted by Gasteiger charge is -2.27. The van der Waals surface area contributed by atoms with Crippen molar-refractivity contribution in [1.29, 1.82) is 0 Å². The number of hydrogen-bond acceptors (Lipinski definition) is 3. The molecule has 0 saturated carbocycles. The van der Waals surface area contributed by atoms with Crippen molar-refractivity contribution in [3.05, 3.63) is 33.8 Å². The number of aliphatic carboxylic acids is 1. The number of amides is 1.